The Morgan fingerprint density at radius 1 is 1.23 bits per heavy atom. The van der Waals surface area contributed by atoms with Gasteiger partial charge in [-0.05, 0) is 43.5 Å². The summed E-state index contributed by atoms with van der Waals surface area (Å²) in [5.74, 6) is -0.674. The van der Waals surface area contributed by atoms with Crippen LogP contribution in [-0.4, -0.2) is 46.2 Å². The first-order valence-electron chi connectivity index (χ1n) is 10.1. The molecule has 3 atom stereocenters. The largest absolute Gasteiger partial charge is 0.445 e. The van der Waals surface area contributed by atoms with Gasteiger partial charge in [-0.25, -0.2) is 9.18 Å². The van der Waals surface area contributed by atoms with Gasteiger partial charge >= 0.3 is 6.09 Å². The number of aliphatic hydroxyl groups excluding tert-OH is 1. The van der Waals surface area contributed by atoms with Crippen molar-refractivity contribution in [1.82, 2.24) is 4.90 Å². The Balaban J connectivity index is 1.50. The Morgan fingerprint density at radius 3 is 2.70 bits per heavy atom. The summed E-state index contributed by atoms with van der Waals surface area (Å²) in [5, 5.41) is 10.8. The van der Waals surface area contributed by atoms with Crippen molar-refractivity contribution in [2.24, 2.45) is 0 Å². The van der Waals surface area contributed by atoms with E-state index in [0.29, 0.717) is 25.1 Å². The second-order valence-electron chi connectivity index (χ2n) is 8.07. The first-order chi connectivity index (χ1) is 14.4. The van der Waals surface area contributed by atoms with E-state index in [4.69, 9.17) is 4.74 Å². The summed E-state index contributed by atoms with van der Waals surface area (Å²) in [5.41, 5.74) is 0.477. The molecular formula is C23H25FN2O4. The number of rotatable bonds is 3. The van der Waals surface area contributed by atoms with Crippen molar-refractivity contribution in [3.63, 3.8) is 0 Å². The molecule has 1 unspecified atom stereocenters. The minimum absolute atomic E-state index is 0.0122. The molecule has 2 fully saturated rings. The third kappa shape index (κ3) is 3.65. The van der Waals surface area contributed by atoms with Crippen LogP contribution in [0.2, 0.25) is 0 Å². The SMILES string of the molecule is C[C@@H]1C[C@@]2(CCN1C(=O)OCc1ccccc1)C(O)CC(=O)N2c1cccc(F)c1. The number of hydrogen-bond donors (Lipinski definition) is 1. The minimum atomic E-state index is -0.877. The lowest BCUT2D eigenvalue weighted by Crippen LogP contribution is -2.61. The van der Waals surface area contributed by atoms with E-state index in [2.05, 4.69) is 0 Å². The highest BCUT2D eigenvalue weighted by atomic mass is 19.1. The summed E-state index contributed by atoms with van der Waals surface area (Å²) in [6.45, 7) is 2.40. The average Bonchev–Trinajstić information content (AvgIpc) is 2.96. The number of likely N-dealkylation sites (tertiary alicyclic amines) is 1. The average molecular weight is 412 g/mol. The van der Waals surface area contributed by atoms with E-state index in [9.17, 15) is 19.1 Å². The molecule has 1 spiro atoms. The molecule has 2 aromatic carbocycles. The fraction of sp³-hybridized carbons (Fsp3) is 0.391. The van der Waals surface area contributed by atoms with Crippen LogP contribution >= 0.6 is 0 Å². The summed E-state index contributed by atoms with van der Waals surface area (Å²) in [6.07, 6.45) is -0.532. The molecule has 2 heterocycles. The lowest BCUT2D eigenvalue weighted by atomic mass is 9.79. The predicted molar refractivity (Wildman–Crippen MR) is 109 cm³/mol. The van der Waals surface area contributed by atoms with E-state index < -0.39 is 23.6 Å². The normalized spacial score (nSPS) is 26.3. The summed E-state index contributed by atoms with van der Waals surface area (Å²) >= 11 is 0. The Morgan fingerprint density at radius 2 is 2.00 bits per heavy atom. The van der Waals surface area contributed by atoms with Crippen molar-refractivity contribution in [2.75, 3.05) is 11.4 Å². The summed E-state index contributed by atoms with van der Waals surface area (Å²) < 4.78 is 19.3. The number of carbonyl (C=O) groups is 2. The third-order valence-electron chi connectivity index (χ3n) is 6.16. The first kappa shape index (κ1) is 20.3. The molecule has 0 saturated carbocycles. The standard InChI is InChI=1S/C23H25FN2O4/c1-16-14-23(10-11-25(16)22(29)30-15-17-6-3-2-4-7-17)20(27)13-21(28)26(23)19-9-5-8-18(24)12-19/h2-9,12,16,20,27H,10-11,13-15H2,1H3/t16-,20?,23+/m1/s1. The summed E-state index contributed by atoms with van der Waals surface area (Å²) in [6, 6.07) is 15.0. The molecule has 158 valence electrons. The zero-order valence-electron chi connectivity index (χ0n) is 16.8. The molecule has 2 aliphatic rings. The van der Waals surface area contributed by atoms with Gasteiger partial charge in [-0.3, -0.25) is 4.79 Å². The van der Waals surface area contributed by atoms with Crippen LogP contribution in [0.5, 0.6) is 0 Å². The number of benzene rings is 2. The van der Waals surface area contributed by atoms with Crippen LogP contribution in [0, 0.1) is 5.82 Å². The van der Waals surface area contributed by atoms with E-state index in [1.807, 2.05) is 37.3 Å². The number of piperidine rings is 1. The van der Waals surface area contributed by atoms with Gasteiger partial charge in [0.2, 0.25) is 5.91 Å². The Kier molecular flexibility index (Phi) is 5.47. The van der Waals surface area contributed by atoms with Gasteiger partial charge in [0.05, 0.1) is 18.1 Å². The maximum absolute atomic E-state index is 13.8. The van der Waals surface area contributed by atoms with Crippen LogP contribution in [0.3, 0.4) is 0 Å². The van der Waals surface area contributed by atoms with E-state index in [-0.39, 0.29) is 25.0 Å². The second kappa shape index (κ2) is 8.07. The number of halogens is 1. The van der Waals surface area contributed by atoms with Gasteiger partial charge in [-0.15, -0.1) is 0 Å². The lowest BCUT2D eigenvalue weighted by Gasteiger charge is -2.48. The smallest absolute Gasteiger partial charge is 0.410 e. The lowest BCUT2D eigenvalue weighted by molar-refractivity contribution is -0.117. The van der Waals surface area contributed by atoms with Crippen molar-refractivity contribution in [2.45, 2.75) is 50.5 Å². The van der Waals surface area contributed by atoms with Gasteiger partial charge in [-0.2, -0.15) is 0 Å². The molecular weight excluding hydrogens is 387 g/mol. The second-order valence-corrected chi connectivity index (χ2v) is 8.07. The molecule has 0 aliphatic carbocycles. The van der Waals surface area contributed by atoms with E-state index >= 15 is 0 Å². The maximum atomic E-state index is 13.8. The highest BCUT2D eigenvalue weighted by molar-refractivity contribution is 5.98. The van der Waals surface area contributed by atoms with Gasteiger partial charge < -0.3 is 19.6 Å². The van der Waals surface area contributed by atoms with Gasteiger partial charge in [0.1, 0.15) is 12.4 Å². The number of nitrogens with zero attached hydrogens (tertiary/aromatic N) is 2. The van der Waals surface area contributed by atoms with E-state index in [1.165, 1.54) is 17.0 Å². The molecule has 0 radical (unpaired) electrons. The molecule has 2 aliphatic heterocycles. The fourth-order valence-electron chi connectivity index (χ4n) is 4.70. The Labute approximate surface area is 174 Å². The number of anilines is 1. The van der Waals surface area contributed by atoms with Crippen molar-refractivity contribution in [3.8, 4) is 0 Å². The highest BCUT2D eigenvalue weighted by Gasteiger charge is 2.56. The van der Waals surface area contributed by atoms with Crippen LogP contribution in [0.1, 0.15) is 31.7 Å². The molecule has 30 heavy (non-hydrogen) atoms. The van der Waals surface area contributed by atoms with Crippen LogP contribution in [0.15, 0.2) is 54.6 Å². The number of carbonyl (C=O) groups excluding carboxylic acids is 2. The van der Waals surface area contributed by atoms with Gasteiger partial charge in [0.25, 0.3) is 0 Å². The van der Waals surface area contributed by atoms with Gasteiger partial charge in [0.15, 0.2) is 0 Å². The molecule has 7 heteroatoms. The van der Waals surface area contributed by atoms with Crippen molar-refractivity contribution in [1.29, 1.82) is 0 Å². The number of hydrogen-bond acceptors (Lipinski definition) is 4. The topological polar surface area (TPSA) is 70.1 Å². The molecule has 2 amide bonds. The summed E-state index contributed by atoms with van der Waals surface area (Å²) in [4.78, 5) is 28.5. The molecule has 6 nitrogen and oxygen atoms in total. The molecule has 0 bridgehead atoms. The zero-order valence-corrected chi connectivity index (χ0v) is 16.8. The maximum Gasteiger partial charge on any atom is 0.410 e. The zero-order chi connectivity index (χ0) is 21.3. The molecule has 2 aromatic rings. The molecule has 4 rings (SSSR count). The monoisotopic (exact) mass is 412 g/mol. The molecule has 2 saturated heterocycles. The minimum Gasteiger partial charge on any atom is -0.445 e. The van der Waals surface area contributed by atoms with Crippen molar-refractivity contribution >= 4 is 17.7 Å². The number of aliphatic hydroxyl groups is 1. The molecule has 0 aromatic heterocycles. The number of amides is 2. The van der Waals surface area contributed by atoms with Crippen LogP contribution in [-0.2, 0) is 16.1 Å². The van der Waals surface area contributed by atoms with Crippen LogP contribution in [0.4, 0.5) is 14.9 Å². The number of ether oxygens (including phenoxy) is 1. The van der Waals surface area contributed by atoms with Crippen molar-refractivity contribution in [3.05, 3.63) is 66.0 Å². The Hall–Kier alpha value is -2.93. The first-order valence-corrected chi connectivity index (χ1v) is 10.1. The van der Waals surface area contributed by atoms with Gasteiger partial charge in [0, 0.05) is 18.3 Å². The van der Waals surface area contributed by atoms with Crippen molar-refractivity contribution < 1.29 is 23.8 Å². The van der Waals surface area contributed by atoms with Crippen LogP contribution < -0.4 is 4.90 Å². The van der Waals surface area contributed by atoms with E-state index in [1.54, 1.807) is 17.0 Å². The Bertz CT molecular complexity index is 938. The van der Waals surface area contributed by atoms with E-state index in [0.717, 1.165) is 5.56 Å². The quantitative estimate of drug-likeness (QED) is 0.838. The highest BCUT2D eigenvalue weighted by Crippen LogP contribution is 2.44. The van der Waals surface area contributed by atoms with Gasteiger partial charge in [-0.1, -0.05) is 36.4 Å². The third-order valence-corrected chi connectivity index (χ3v) is 6.16. The fourth-order valence-corrected chi connectivity index (χ4v) is 4.70. The summed E-state index contributed by atoms with van der Waals surface area (Å²) in [7, 11) is 0. The molecule has 1 N–H and O–H groups in total. The van der Waals surface area contributed by atoms with Crippen LogP contribution in [0.25, 0.3) is 0 Å². The predicted octanol–water partition coefficient (Wildman–Crippen LogP) is 3.48.